The van der Waals surface area contributed by atoms with Gasteiger partial charge in [0.05, 0.1) is 7.06 Å². The summed E-state index contributed by atoms with van der Waals surface area (Å²) in [7, 11) is 0. The van der Waals surface area contributed by atoms with Crippen molar-refractivity contribution in [2.45, 2.75) is 43.9 Å². The quantitative estimate of drug-likeness (QED) is 0.600. The average Bonchev–Trinajstić information content (AvgIpc) is 2.30. The summed E-state index contributed by atoms with van der Waals surface area (Å²) in [6, 6.07) is 8.41. The number of hydrogen-bond donors (Lipinski definition) is 0. The van der Waals surface area contributed by atoms with Gasteiger partial charge in [0, 0.05) is 11.6 Å². The maximum atomic E-state index is 7.91. The first kappa shape index (κ1) is 8.09. The number of hydrogen-bond acceptors (Lipinski definition) is 1. The van der Waals surface area contributed by atoms with Crippen LogP contribution in [0.25, 0.3) is 0 Å². The van der Waals surface area contributed by atoms with E-state index in [2.05, 4.69) is 23.2 Å². The molecule has 1 saturated carbocycles. The van der Waals surface area contributed by atoms with Crippen LogP contribution >= 0.6 is 0 Å². The predicted octanol–water partition coefficient (Wildman–Crippen LogP) is 3.99. The molecule has 0 amide bonds. The molecule has 0 aromatic heterocycles. The molecular weight excluding hydrogens is 182 g/mol. The molecule has 0 unspecified atom stereocenters. The first-order chi connectivity index (χ1) is 7.80. The lowest BCUT2D eigenvalue weighted by Gasteiger charge is -2.39. The summed E-state index contributed by atoms with van der Waals surface area (Å²) in [6.45, 7) is 0. The van der Waals surface area contributed by atoms with Gasteiger partial charge in [0.1, 0.15) is 0 Å². The SMILES string of the molecule is [2H]C1=Nc2ccccc2C2(CCCCC2)C1. The van der Waals surface area contributed by atoms with Gasteiger partial charge in [-0.15, -0.1) is 0 Å². The summed E-state index contributed by atoms with van der Waals surface area (Å²) < 4.78 is 7.91. The molecule has 78 valence electrons. The van der Waals surface area contributed by atoms with E-state index in [4.69, 9.17) is 1.37 Å². The summed E-state index contributed by atoms with van der Waals surface area (Å²) in [5.74, 6) is 0. The standard InChI is InChI=1S/C14H17N/c1-4-8-14(9-5-1)10-11-15-13-7-3-2-6-12(13)14/h2-3,6-7,11H,1,4-5,8-10H2/i11D. The molecule has 0 bridgehead atoms. The highest BCUT2D eigenvalue weighted by Gasteiger charge is 2.36. The van der Waals surface area contributed by atoms with Gasteiger partial charge in [-0.1, -0.05) is 37.5 Å². The van der Waals surface area contributed by atoms with Crippen LogP contribution in [0.4, 0.5) is 5.69 Å². The van der Waals surface area contributed by atoms with Crippen LogP contribution in [0.3, 0.4) is 0 Å². The summed E-state index contributed by atoms with van der Waals surface area (Å²) >= 11 is 0. The molecule has 3 rings (SSSR count). The third-order valence-corrected chi connectivity index (χ3v) is 3.90. The molecule has 0 radical (unpaired) electrons. The molecule has 1 fully saturated rings. The zero-order valence-corrected chi connectivity index (χ0v) is 9.00. The van der Waals surface area contributed by atoms with Crippen LogP contribution in [0.15, 0.2) is 29.3 Å². The summed E-state index contributed by atoms with van der Waals surface area (Å²) in [6.07, 6.45) is 7.87. The Kier molecular flexibility index (Phi) is 1.88. The molecule has 0 saturated heterocycles. The van der Waals surface area contributed by atoms with E-state index in [9.17, 15) is 0 Å². The van der Waals surface area contributed by atoms with Gasteiger partial charge in [0.2, 0.25) is 0 Å². The van der Waals surface area contributed by atoms with Gasteiger partial charge in [-0.05, 0) is 30.9 Å². The van der Waals surface area contributed by atoms with Crippen molar-refractivity contribution in [2.75, 3.05) is 0 Å². The zero-order valence-electron chi connectivity index (χ0n) is 10.00. The predicted molar refractivity (Wildman–Crippen MR) is 64.0 cm³/mol. The van der Waals surface area contributed by atoms with E-state index in [0.29, 0.717) is 6.19 Å². The maximum absolute atomic E-state index is 7.91. The molecule has 1 aliphatic heterocycles. The molecular formula is C14H17N. The summed E-state index contributed by atoms with van der Waals surface area (Å²) in [5.41, 5.74) is 2.68. The van der Waals surface area contributed by atoms with Crippen LogP contribution < -0.4 is 0 Å². The Balaban J connectivity index is 2.11. The first-order valence-corrected chi connectivity index (χ1v) is 5.94. The highest BCUT2D eigenvalue weighted by atomic mass is 14.8. The molecule has 1 spiro atoms. The second-order valence-electron chi connectivity index (χ2n) is 4.80. The van der Waals surface area contributed by atoms with Gasteiger partial charge in [-0.2, -0.15) is 0 Å². The lowest BCUT2D eigenvalue weighted by atomic mass is 9.66. The second kappa shape index (κ2) is 3.48. The molecule has 1 nitrogen and oxygen atoms in total. The Morgan fingerprint density at radius 2 is 1.93 bits per heavy atom. The third-order valence-electron chi connectivity index (χ3n) is 3.90. The molecule has 15 heavy (non-hydrogen) atoms. The van der Waals surface area contributed by atoms with Gasteiger partial charge in [-0.3, -0.25) is 4.99 Å². The van der Waals surface area contributed by atoms with Crippen molar-refractivity contribution >= 4 is 11.9 Å². The largest absolute Gasteiger partial charge is 0.261 e. The fourth-order valence-electron chi connectivity index (χ4n) is 3.07. The molecule has 0 atom stereocenters. The van der Waals surface area contributed by atoms with Gasteiger partial charge in [0.25, 0.3) is 0 Å². The van der Waals surface area contributed by atoms with Crippen molar-refractivity contribution in [1.82, 2.24) is 0 Å². The maximum Gasteiger partial charge on any atom is 0.0792 e. The fourth-order valence-corrected chi connectivity index (χ4v) is 3.07. The zero-order chi connectivity index (χ0) is 11.0. The van der Waals surface area contributed by atoms with E-state index in [1.165, 1.54) is 37.7 Å². The smallest absolute Gasteiger partial charge is 0.0792 e. The van der Waals surface area contributed by atoms with Crippen molar-refractivity contribution in [3.05, 3.63) is 29.8 Å². The normalized spacial score (nSPS) is 24.3. The van der Waals surface area contributed by atoms with Gasteiger partial charge >= 0.3 is 0 Å². The van der Waals surface area contributed by atoms with Crippen molar-refractivity contribution in [3.63, 3.8) is 0 Å². The minimum atomic E-state index is 0.244. The first-order valence-electron chi connectivity index (χ1n) is 6.44. The van der Waals surface area contributed by atoms with E-state index in [1.807, 2.05) is 6.07 Å². The Morgan fingerprint density at radius 1 is 1.13 bits per heavy atom. The highest BCUT2D eigenvalue weighted by Crippen LogP contribution is 2.47. The lowest BCUT2D eigenvalue weighted by Crippen LogP contribution is -2.31. The summed E-state index contributed by atoms with van der Waals surface area (Å²) in [4.78, 5) is 4.38. The van der Waals surface area contributed by atoms with Crippen LogP contribution in [0.2, 0.25) is 0 Å². The molecule has 1 aromatic carbocycles. The number of benzene rings is 1. The number of nitrogens with zero attached hydrogens (tertiary/aromatic N) is 1. The van der Waals surface area contributed by atoms with E-state index < -0.39 is 0 Å². The third kappa shape index (κ3) is 1.41. The van der Waals surface area contributed by atoms with Gasteiger partial charge < -0.3 is 0 Å². The van der Waals surface area contributed by atoms with Crippen molar-refractivity contribution < 1.29 is 1.37 Å². The van der Waals surface area contributed by atoms with Crippen LogP contribution in [0.1, 0.15) is 45.5 Å². The van der Waals surface area contributed by atoms with E-state index in [1.54, 1.807) is 0 Å². The van der Waals surface area contributed by atoms with Gasteiger partial charge in [0.15, 0.2) is 0 Å². The lowest BCUT2D eigenvalue weighted by molar-refractivity contribution is 0.302. The summed E-state index contributed by atoms with van der Waals surface area (Å²) in [5, 5.41) is 0. The van der Waals surface area contributed by atoms with Crippen molar-refractivity contribution in [1.29, 1.82) is 0 Å². The minimum Gasteiger partial charge on any atom is -0.261 e. The van der Waals surface area contributed by atoms with E-state index in [-0.39, 0.29) is 5.41 Å². The van der Waals surface area contributed by atoms with Gasteiger partial charge in [-0.25, -0.2) is 0 Å². The molecule has 1 aromatic rings. The second-order valence-corrected chi connectivity index (χ2v) is 4.80. The number of aliphatic imine (C=N–C) groups is 1. The number of para-hydroxylation sites is 1. The topological polar surface area (TPSA) is 12.4 Å². The van der Waals surface area contributed by atoms with Crippen molar-refractivity contribution in [2.24, 2.45) is 4.99 Å². The number of fused-ring (bicyclic) bond motifs is 2. The minimum absolute atomic E-state index is 0.244. The Bertz CT molecular complexity index is 430. The van der Waals surface area contributed by atoms with Crippen LogP contribution in [-0.2, 0) is 5.41 Å². The van der Waals surface area contributed by atoms with Crippen LogP contribution in [0, 0.1) is 0 Å². The molecule has 1 heterocycles. The molecule has 1 aliphatic carbocycles. The fraction of sp³-hybridized carbons (Fsp3) is 0.500. The molecule has 2 aliphatic rings. The molecule has 1 heteroatoms. The molecule has 0 N–H and O–H groups in total. The highest BCUT2D eigenvalue weighted by molar-refractivity contribution is 5.72. The Hall–Kier alpha value is -1.11. The van der Waals surface area contributed by atoms with E-state index in [0.717, 1.165) is 12.1 Å². The van der Waals surface area contributed by atoms with Crippen LogP contribution in [0.5, 0.6) is 0 Å². The Labute approximate surface area is 92.6 Å². The van der Waals surface area contributed by atoms with Crippen LogP contribution in [-0.4, -0.2) is 6.19 Å². The monoisotopic (exact) mass is 200 g/mol. The Morgan fingerprint density at radius 3 is 2.80 bits per heavy atom. The van der Waals surface area contributed by atoms with Crippen molar-refractivity contribution in [3.8, 4) is 0 Å². The number of rotatable bonds is 0. The van der Waals surface area contributed by atoms with E-state index >= 15 is 0 Å². The average molecular weight is 200 g/mol.